The first-order valence-corrected chi connectivity index (χ1v) is 17.7. The number of aliphatic carboxylic acids is 1. The van der Waals surface area contributed by atoms with Crippen molar-refractivity contribution in [3.63, 3.8) is 0 Å². The van der Waals surface area contributed by atoms with Gasteiger partial charge in [0.05, 0.1) is 40.7 Å². The Kier molecular flexibility index (Phi) is 22.3. The van der Waals surface area contributed by atoms with Gasteiger partial charge >= 0.3 is 17.9 Å². The average molecular weight is 890 g/mol. The van der Waals surface area contributed by atoms with E-state index >= 15 is 0 Å². The molecule has 2 aromatic heterocycles. The van der Waals surface area contributed by atoms with Crippen molar-refractivity contribution in [1.29, 1.82) is 0 Å². The Morgan fingerprint density at radius 3 is 1.56 bits per heavy atom. The molecule has 2 heterocycles. The minimum Gasteiger partial charge on any atom is -0.481 e. The highest BCUT2D eigenvalue weighted by atomic mass is 32.1. The van der Waals surface area contributed by atoms with Gasteiger partial charge in [0, 0.05) is 41.2 Å². The van der Waals surface area contributed by atoms with Gasteiger partial charge in [0.1, 0.15) is 5.78 Å². The minimum absolute atomic E-state index is 0. The zero-order valence-electron chi connectivity index (χ0n) is 29.9. The fraction of sp³-hybridized carbons (Fsp3) is 0.268. The molecule has 16 heteroatoms. The van der Waals surface area contributed by atoms with Gasteiger partial charge in [-0.3, -0.25) is 9.59 Å². The van der Waals surface area contributed by atoms with E-state index in [1.165, 1.54) is 42.7 Å². The van der Waals surface area contributed by atoms with Crippen molar-refractivity contribution in [2.75, 3.05) is 20.0 Å². The lowest BCUT2D eigenvalue weighted by molar-refractivity contribution is -0.138. The predicted octanol–water partition coefficient (Wildman–Crippen LogP) is 9.26. The topological polar surface area (TPSA) is 159 Å². The van der Waals surface area contributed by atoms with E-state index < -0.39 is 5.97 Å². The third kappa shape index (κ3) is 13.5. The molecule has 8 rings (SSSR count). The van der Waals surface area contributed by atoms with Gasteiger partial charge in [0.25, 0.3) is 0 Å². The molecule has 6 aromatic rings. The quantitative estimate of drug-likeness (QED) is 0.111. The van der Waals surface area contributed by atoms with Gasteiger partial charge in [-0.2, -0.15) is 62.7 Å². The summed E-state index contributed by atoms with van der Waals surface area (Å²) in [5.41, 5.74) is 10.5. The highest BCUT2D eigenvalue weighted by Crippen LogP contribution is 2.49. The molecule has 2 aliphatic carbocycles. The lowest BCUT2D eigenvalue weighted by atomic mass is 10.0. The molecule has 57 heavy (non-hydrogen) atoms. The molecule has 2 aliphatic rings. The number of fused-ring (bicyclic) bond motifs is 2. The normalized spacial score (nSPS) is 16.5. The molecule has 2 unspecified atom stereocenters. The van der Waals surface area contributed by atoms with Crippen LogP contribution in [0.25, 0.3) is 20.2 Å². The summed E-state index contributed by atoms with van der Waals surface area (Å²) in [6.45, 7) is 0. The predicted molar refractivity (Wildman–Crippen MR) is 252 cm³/mol. The molecule has 0 spiro atoms. The maximum absolute atomic E-state index is 12.6. The summed E-state index contributed by atoms with van der Waals surface area (Å²) < 4.78 is 19.8. The number of carbonyl (C=O) groups is 4. The summed E-state index contributed by atoms with van der Waals surface area (Å²) in [6.07, 6.45) is 5.74. The van der Waals surface area contributed by atoms with Crippen LogP contribution < -0.4 is 5.73 Å². The van der Waals surface area contributed by atoms with Crippen LogP contribution in [0.1, 0.15) is 76.9 Å². The molecule has 308 valence electrons. The summed E-state index contributed by atoms with van der Waals surface area (Å²) in [4.78, 5) is 45.9. The van der Waals surface area contributed by atoms with Gasteiger partial charge in [-0.1, -0.05) is 51.3 Å². The van der Waals surface area contributed by atoms with E-state index in [1.807, 2.05) is 54.9 Å². The molecule has 3 N–H and O–H groups in total. The Bertz CT molecular complexity index is 2210. The number of nitrogens with two attached hydrogens (primary N) is 1. The first-order valence-electron chi connectivity index (χ1n) is 16.2. The second kappa shape index (κ2) is 24.0. The van der Waals surface area contributed by atoms with Crippen molar-refractivity contribution < 1.29 is 33.8 Å². The number of Topliss-reactive ketones (excluding diaryl/α,β-unsaturated/α-hetero) is 1. The van der Waals surface area contributed by atoms with E-state index in [1.54, 1.807) is 36.4 Å². The summed E-state index contributed by atoms with van der Waals surface area (Å²) >= 11 is 2.93. The first-order chi connectivity index (χ1) is 24.6. The number of benzene rings is 4. The molecule has 0 radical (unpaired) electrons. The Labute approximate surface area is 369 Å². The van der Waals surface area contributed by atoms with Crippen molar-refractivity contribution in [2.45, 2.75) is 46.0 Å². The van der Waals surface area contributed by atoms with Crippen LogP contribution in [-0.2, 0) is 25.5 Å². The van der Waals surface area contributed by atoms with Gasteiger partial charge in [0.15, 0.2) is 0 Å². The molecule has 0 amide bonds. The molecule has 0 bridgehead atoms. The maximum atomic E-state index is 12.6. The van der Waals surface area contributed by atoms with E-state index in [9.17, 15) is 19.2 Å². The molecule has 2 fully saturated rings. The van der Waals surface area contributed by atoms with Gasteiger partial charge in [-0.25, -0.2) is 9.59 Å². The maximum Gasteiger partial charge on any atom is 0.337 e. The fourth-order valence-corrected chi connectivity index (χ4v) is 7.35. The number of ether oxygens (including phenoxy) is 2. The second-order valence-corrected chi connectivity index (χ2v) is 14.1. The summed E-state index contributed by atoms with van der Waals surface area (Å²) in [5, 5.41) is 11.1. The van der Waals surface area contributed by atoms with Gasteiger partial charge in [-0.15, -0.1) is 0 Å². The number of esters is 2. The Morgan fingerprint density at radius 2 is 1.11 bits per heavy atom. The number of methoxy groups -OCH3 is 2. The molecule has 0 aliphatic heterocycles. The lowest BCUT2D eigenvalue weighted by Crippen LogP contribution is -2.06. The number of nitrogens with zero attached hydrogens (tertiary/aromatic N) is 2. The van der Waals surface area contributed by atoms with Crippen molar-refractivity contribution in [3.8, 4) is 0 Å². The monoisotopic (exact) mass is 889 g/mol. The molecule has 4 aromatic carbocycles. The van der Waals surface area contributed by atoms with Crippen LogP contribution in [0.5, 0.6) is 0 Å². The third-order valence-corrected chi connectivity index (χ3v) is 10.5. The van der Waals surface area contributed by atoms with Crippen LogP contribution in [0.15, 0.2) is 97.3 Å². The number of carboxylic acids is 1. The van der Waals surface area contributed by atoms with E-state index in [0.717, 1.165) is 43.6 Å². The van der Waals surface area contributed by atoms with E-state index in [4.69, 9.17) is 15.6 Å². The Hall–Kier alpha value is -4.06. The fourth-order valence-electron chi connectivity index (χ4n) is 5.95. The summed E-state index contributed by atoms with van der Waals surface area (Å²) in [5.74, 6) is -0.987. The van der Waals surface area contributed by atoms with Crippen LogP contribution in [0, 0.1) is 11.8 Å². The van der Waals surface area contributed by atoms with E-state index in [2.05, 4.69) is 19.6 Å². The average Bonchev–Trinajstić information content (AvgIpc) is 4.04. The molecular formula is C41H51N3O7S6. The number of hydrogen-bond acceptors (Lipinski definition) is 11. The highest BCUT2D eigenvalue weighted by molar-refractivity contribution is 7.59. The first kappa shape index (κ1) is 52.9. The van der Waals surface area contributed by atoms with Crippen molar-refractivity contribution in [2.24, 2.45) is 11.8 Å². The number of anilines is 1. The number of nitrogen functional groups attached to an aromatic ring is 1. The number of hydrogen-bond donors (Lipinski definition) is 2. The van der Waals surface area contributed by atoms with Crippen LogP contribution >= 0.6 is 77.0 Å². The summed E-state index contributed by atoms with van der Waals surface area (Å²) in [7, 11) is 2.70. The standard InChI is InChI=1S/C20H17NO3S.C12H12O4.C7H6N2S.2CH4.4H2S/c1-24-20(23)14-6-4-13(5-7-14)16-10-17(16)18(22)8-12-2-3-15-11-21-25-19(15)9-12;1-16-12(15)8-4-2-7(3-5-8)9-6-10(9)11(13)14;8-6-2-1-5-4-9-10-7(5)3-6;;;;;;/h2-7,9,11,16-17H,8,10H2,1H3;2-5,9-10H,6H2,1H3,(H,13,14);1-4H,8H2;2*1H4;4*1H2/t16?,17-;9?,10-;;;;;;;/m00......./s1. The highest BCUT2D eigenvalue weighted by Gasteiger charge is 2.44. The van der Waals surface area contributed by atoms with E-state index in [0.29, 0.717) is 24.0 Å². The van der Waals surface area contributed by atoms with Crippen LogP contribution in [-0.4, -0.2) is 51.8 Å². The number of aromatic nitrogens is 2. The number of ketones is 1. The molecule has 4 atom stereocenters. The van der Waals surface area contributed by atoms with Crippen molar-refractivity contribution >= 4 is 127 Å². The smallest absolute Gasteiger partial charge is 0.337 e. The molecular weight excluding hydrogens is 839 g/mol. The van der Waals surface area contributed by atoms with Gasteiger partial charge in [0.2, 0.25) is 0 Å². The van der Waals surface area contributed by atoms with Crippen LogP contribution in [0.2, 0.25) is 0 Å². The molecule has 10 nitrogen and oxygen atoms in total. The zero-order valence-corrected chi connectivity index (χ0v) is 35.5. The molecule has 0 saturated heterocycles. The molecule has 2 saturated carbocycles. The van der Waals surface area contributed by atoms with Gasteiger partial charge < -0.3 is 20.3 Å². The number of carboxylic acid groups (broad SMARTS) is 1. The largest absolute Gasteiger partial charge is 0.481 e. The second-order valence-electron chi connectivity index (χ2n) is 12.4. The number of rotatable bonds is 8. The van der Waals surface area contributed by atoms with Crippen molar-refractivity contribution in [1.82, 2.24) is 8.75 Å². The Balaban J connectivity index is 0.000000853. The number of carbonyl (C=O) groups excluding carboxylic acids is 3. The van der Waals surface area contributed by atoms with Gasteiger partial charge in [-0.05, 0) is 113 Å². The van der Waals surface area contributed by atoms with E-state index in [-0.39, 0.29) is 110 Å². The lowest BCUT2D eigenvalue weighted by Gasteiger charge is -2.04. The summed E-state index contributed by atoms with van der Waals surface area (Å²) in [6, 6.07) is 26.2. The Morgan fingerprint density at radius 1 is 0.667 bits per heavy atom. The van der Waals surface area contributed by atoms with Crippen LogP contribution in [0.4, 0.5) is 5.69 Å². The minimum atomic E-state index is -0.748. The van der Waals surface area contributed by atoms with Crippen LogP contribution in [0.3, 0.4) is 0 Å². The zero-order chi connectivity index (χ0) is 36.1. The SMILES string of the molecule is C.C.COC(=O)c1ccc(C2C[C@@H]2C(=O)Cc2ccc3cnsc3c2)cc1.COC(=O)c1ccc(C2C[C@@H]2C(=O)O)cc1.Nc1ccc2cnsc2c1.S.S.S.S. The van der Waals surface area contributed by atoms with Crippen molar-refractivity contribution in [3.05, 3.63) is 125 Å². The third-order valence-electron chi connectivity index (χ3n) is 9.01.